The smallest absolute Gasteiger partial charge is 0.333 e. The van der Waals surface area contributed by atoms with Crippen LogP contribution in [0.2, 0.25) is 0 Å². The van der Waals surface area contributed by atoms with Crippen molar-refractivity contribution in [3.63, 3.8) is 0 Å². The predicted octanol–water partition coefficient (Wildman–Crippen LogP) is 1.02. The Bertz CT molecular complexity index is 236. The van der Waals surface area contributed by atoms with Crippen LogP contribution >= 0.6 is 0 Å². The minimum Gasteiger partial charge on any atom is -0.479 e. The summed E-state index contributed by atoms with van der Waals surface area (Å²) in [5.74, 6) is 4.18. The molecule has 3 heteroatoms. The largest absolute Gasteiger partial charge is 0.479 e. The Morgan fingerprint density at radius 1 is 1.38 bits per heavy atom. The van der Waals surface area contributed by atoms with E-state index in [9.17, 15) is 9.90 Å². The van der Waals surface area contributed by atoms with Gasteiger partial charge in [-0.1, -0.05) is 18.8 Å². The van der Waals surface area contributed by atoms with E-state index >= 15 is 0 Å². The van der Waals surface area contributed by atoms with Gasteiger partial charge in [0.1, 0.15) is 0 Å². The minimum atomic E-state index is -1.31. The SMILES string of the molecule is O=C(O)[C@H](O)[C@H]1C#CCCCCC1. The van der Waals surface area contributed by atoms with Crippen LogP contribution in [-0.4, -0.2) is 22.3 Å². The van der Waals surface area contributed by atoms with Crippen molar-refractivity contribution in [2.45, 2.75) is 38.2 Å². The van der Waals surface area contributed by atoms with E-state index in [1.54, 1.807) is 0 Å². The van der Waals surface area contributed by atoms with Gasteiger partial charge in [-0.2, -0.15) is 0 Å². The summed E-state index contributed by atoms with van der Waals surface area (Å²) in [4.78, 5) is 10.5. The van der Waals surface area contributed by atoms with Crippen LogP contribution in [0.4, 0.5) is 0 Å². The Morgan fingerprint density at radius 3 is 2.85 bits per heavy atom. The van der Waals surface area contributed by atoms with Gasteiger partial charge in [0.2, 0.25) is 0 Å². The molecule has 0 aromatic carbocycles. The summed E-state index contributed by atoms with van der Waals surface area (Å²) in [6, 6.07) is 0. The minimum absolute atomic E-state index is 0.377. The van der Waals surface area contributed by atoms with Gasteiger partial charge in [-0.05, 0) is 12.8 Å². The highest BCUT2D eigenvalue weighted by molar-refractivity contribution is 5.72. The highest BCUT2D eigenvalue weighted by atomic mass is 16.4. The molecule has 0 saturated heterocycles. The lowest BCUT2D eigenvalue weighted by molar-refractivity contribution is -0.148. The third kappa shape index (κ3) is 3.08. The topological polar surface area (TPSA) is 57.5 Å². The van der Waals surface area contributed by atoms with Gasteiger partial charge >= 0.3 is 5.97 Å². The molecular weight excluding hydrogens is 168 g/mol. The molecule has 13 heavy (non-hydrogen) atoms. The van der Waals surface area contributed by atoms with Crippen molar-refractivity contribution >= 4 is 5.97 Å². The third-order valence-corrected chi connectivity index (χ3v) is 2.24. The molecule has 0 aliphatic heterocycles. The number of carboxylic acid groups (broad SMARTS) is 1. The lowest BCUT2D eigenvalue weighted by atomic mass is 9.93. The lowest BCUT2D eigenvalue weighted by Crippen LogP contribution is -2.28. The monoisotopic (exact) mass is 182 g/mol. The van der Waals surface area contributed by atoms with Crippen LogP contribution in [0.15, 0.2) is 0 Å². The van der Waals surface area contributed by atoms with Crippen molar-refractivity contribution < 1.29 is 15.0 Å². The molecule has 1 aliphatic carbocycles. The molecule has 72 valence electrons. The van der Waals surface area contributed by atoms with E-state index in [0.29, 0.717) is 6.42 Å². The van der Waals surface area contributed by atoms with E-state index in [1.165, 1.54) is 0 Å². The van der Waals surface area contributed by atoms with E-state index in [0.717, 1.165) is 25.7 Å². The van der Waals surface area contributed by atoms with E-state index in [1.807, 2.05) is 0 Å². The van der Waals surface area contributed by atoms with E-state index in [4.69, 9.17) is 5.11 Å². The van der Waals surface area contributed by atoms with E-state index < -0.39 is 12.1 Å². The number of aliphatic hydroxyl groups is 1. The summed E-state index contributed by atoms with van der Waals surface area (Å²) in [6.45, 7) is 0. The average Bonchev–Trinajstić information content (AvgIpc) is 2.02. The maximum absolute atomic E-state index is 10.5. The van der Waals surface area contributed by atoms with Crippen LogP contribution in [0.25, 0.3) is 0 Å². The Kier molecular flexibility index (Phi) is 3.78. The zero-order valence-corrected chi connectivity index (χ0v) is 7.49. The Balaban J connectivity index is 2.59. The summed E-state index contributed by atoms with van der Waals surface area (Å²) in [7, 11) is 0. The van der Waals surface area contributed by atoms with E-state index in [-0.39, 0.29) is 5.92 Å². The maximum Gasteiger partial charge on any atom is 0.333 e. The number of carboxylic acids is 1. The van der Waals surface area contributed by atoms with Crippen molar-refractivity contribution in [3.8, 4) is 11.8 Å². The zero-order valence-electron chi connectivity index (χ0n) is 7.49. The zero-order chi connectivity index (χ0) is 9.68. The van der Waals surface area contributed by atoms with Crippen LogP contribution in [-0.2, 0) is 4.79 Å². The molecule has 0 bridgehead atoms. The van der Waals surface area contributed by atoms with Crippen LogP contribution in [0.5, 0.6) is 0 Å². The maximum atomic E-state index is 10.5. The highest BCUT2D eigenvalue weighted by Crippen LogP contribution is 2.16. The molecule has 0 unspecified atom stereocenters. The first-order valence-corrected chi connectivity index (χ1v) is 4.61. The summed E-state index contributed by atoms with van der Waals surface area (Å²) in [5.41, 5.74) is 0. The second kappa shape index (κ2) is 4.88. The second-order valence-electron chi connectivity index (χ2n) is 3.31. The van der Waals surface area contributed by atoms with Crippen LogP contribution in [0, 0.1) is 17.8 Å². The average molecular weight is 182 g/mol. The van der Waals surface area contributed by atoms with Gasteiger partial charge in [0, 0.05) is 6.42 Å². The standard InChI is InChI=1S/C10H14O3/c11-9(10(12)13)8-6-4-2-1-3-5-7-8/h8-9,11H,1-4,6H2,(H,12,13)/t8-,9-/m1/s1. The van der Waals surface area contributed by atoms with Crippen LogP contribution in [0.1, 0.15) is 32.1 Å². The van der Waals surface area contributed by atoms with Gasteiger partial charge in [-0.15, -0.1) is 5.92 Å². The molecule has 2 N–H and O–H groups in total. The molecule has 0 aromatic rings. The quantitative estimate of drug-likeness (QED) is 0.627. The first-order valence-electron chi connectivity index (χ1n) is 4.61. The molecule has 0 saturated carbocycles. The van der Waals surface area contributed by atoms with Gasteiger partial charge < -0.3 is 10.2 Å². The third-order valence-electron chi connectivity index (χ3n) is 2.24. The van der Waals surface area contributed by atoms with Crippen molar-refractivity contribution in [1.29, 1.82) is 0 Å². The lowest BCUT2D eigenvalue weighted by Gasteiger charge is -2.15. The highest BCUT2D eigenvalue weighted by Gasteiger charge is 2.23. The summed E-state index contributed by atoms with van der Waals surface area (Å²) < 4.78 is 0. The molecule has 1 rings (SSSR count). The molecule has 0 aromatic heterocycles. The van der Waals surface area contributed by atoms with E-state index in [2.05, 4.69) is 11.8 Å². The van der Waals surface area contributed by atoms with Crippen LogP contribution < -0.4 is 0 Å². The van der Waals surface area contributed by atoms with Crippen molar-refractivity contribution in [2.75, 3.05) is 0 Å². The predicted molar refractivity (Wildman–Crippen MR) is 48.0 cm³/mol. The molecule has 0 heterocycles. The summed E-state index contributed by atoms with van der Waals surface area (Å²) in [5, 5.41) is 17.8. The number of rotatable bonds is 2. The summed E-state index contributed by atoms with van der Waals surface area (Å²) >= 11 is 0. The molecule has 3 nitrogen and oxygen atoms in total. The van der Waals surface area contributed by atoms with Gasteiger partial charge in [-0.3, -0.25) is 0 Å². The first kappa shape index (κ1) is 10.1. The fraction of sp³-hybridized carbons (Fsp3) is 0.700. The first-order chi connectivity index (χ1) is 6.22. The number of hydrogen-bond acceptors (Lipinski definition) is 2. The fourth-order valence-corrected chi connectivity index (χ4v) is 1.44. The normalized spacial score (nSPS) is 24.8. The number of aliphatic carboxylic acids is 1. The van der Waals surface area contributed by atoms with Crippen molar-refractivity contribution in [3.05, 3.63) is 0 Å². The van der Waals surface area contributed by atoms with Gasteiger partial charge in [-0.25, -0.2) is 4.79 Å². The molecule has 1 aliphatic rings. The molecule has 0 spiro atoms. The molecule has 0 fully saturated rings. The van der Waals surface area contributed by atoms with Crippen molar-refractivity contribution in [2.24, 2.45) is 5.92 Å². The van der Waals surface area contributed by atoms with Crippen LogP contribution in [0.3, 0.4) is 0 Å². The molecule has 2 atom stereocenters. The van der Waals surface area contributed by atoms with Gasteiger partial charge in [0.15, 0.2) is 6.10 Å². The Hall–Kier alpha value is -1.01. The molecular formula is C10H14O3. The Labute approximate surface area is 77.8 Å². The van der Waals surface area contributed by atoms with Crippen molar-refractivity contribution in [1.82, 2.24) is 0 Å². The number of aliphatic hydroxyl groups excluding tert-OH is 1. The number of hydrogen-bond donors (Lipinski definition) is 2. The van der Waals surface area contributed by atoms with Gasteiger partial charge in [0.05, 0.1) is 5.92 Å². The summed E-state index contributed by atoms with van der Waals surface area (Å²) in [6.07, 6.45) is 3.33. The fourth-order valence-electron chi connectivity index (χ4n) is 1.44. The second-order valence-corrected chi connectivity index (χ2v) is 3.31. The molecule has 0 radical (unpaired) electrons. The van der Waals surface area contributed by atoms with Gasteiger partial charge in [0.25, 0.3) is 0 Å². The molecule has 0 amide bonds. The number of carbonyl (C=O) groups is 1. The Morgan fingerprint density at radius 2 is 2.15 bits per heavy atom.